The molecule has 2 rings (SSSR count). The van der Waals surface area contributed by atoms with E-state index in [9.17, 15) is 4.79 Å². The first kappa shape index (κ1) is 10.9. The molecule has 5 nitrogen and oxygen atoms in total. The number of nitrogens with one attached hydrogen (secondary N) is 2. The summed E-state index contributed by atoms with van der Waals surface area (Å²) in [6, 6.07) is 0.320. The summed E-state index contributed by atoms with van der Waals surface area (Å²) in [5.74, 6) is 0.0508. The van der Waals surface area contributed by atoms with E-state index >= 15 is 0 Å². The average molecular weight is 214 g/mol. The SMILES string of the molecule is O=C(CC1COCCN1)NC1CC(O)C1. The first-order valence-corrected chi connectivity index (χ1v) is 5.52. The third-order valence-electron chi connectivity index (χ3n) is 2.91. The summed E-state index contributed by atoms with van der Waals surface area (Å²) in [5, 5.41) is 15.2. The highest BCUT2D eigenvalue weighted by molar-refractivity contribution is 5.77. The van der Waals surface area contributed by atoms with E-state index in [0.29, 0.717) is 25.9 Å². The second-order valence-electron chi connectivity index (χ2n) is 4.32. The van der Waals surface area contributed by atoms with Gasteiger partial charge in [0.2, 0.25) is 5.91 Å². The molecule has 86 valence electrons. The zero-order valence-electron chi connectivity index (χ0n) is 8.74. The van der Waals surface area contributed by atoms with Crippen LogP contribution >= 0.6 is 0 Å². The Kier molecular flexibility index (Phi) is 3.56. The highest BCUT2D eigenvalue weighted by Crippen LogP contribution is 2.19. The van der Waals surface area contributed by atoms with Crippen molar-refractivity contribution in [1.82, 2.24) is 10.6 Å². The zero-order valence-corrected chi connectivity index (χ0v) is 8.74. The Labute approximate surface area is 89.2 Å². The van der Waals surface area contributed by atoms with E-state index in [1.54, 1.807) is 0 Å². The van der Waals surface area contributed by atoms with Crippen molar-refractivity contribution in [2.24, 2.45) is 0 Å². The summed E-state index contributed by atoms with van der Waals surface area (Å²) in [7, 11) is 0. The molecule has 1 saturated heterocycles. The minimum atomic E-state index is -0.216. The molecule has 0 spiro atoms. The Morgan fingerprint density at radius 2 is 2.33 bits per heavy atom. The van der Waals surface area contributed by atoms with Crippen LogP contribution in [0.25, 0.3) is 0 Å². The standard InChI is InChI=1S/C10H18N2O3/c13-9-3-7(4-9)12-10(14)5-8-6-15-2-1-11-8/h7-9,11,13H,1-6H2,(H,12,14). The molecule has 15 heavy (non-hydrogen) atoms. The third kappa shape index (κ3) is 3.15. The Bertz CT molecular complexity index is 223. The molecule has 1 aliphatic heterocycles. The lowest BCUT2D eigenvalue weighted by Crippen LogP contribution is -2.49. The quantitative estimate of drug-likeness (QED) is 0.564. The lowest BCUT2D eigenvalue weighted by atomic mass is 9.89. The fourth-order valence-corrected chi connectivity index (χ4v) is 1.97. The Balaban J connectivity index is 1.63. The van der Waals surface area contributed by atoms with Crippen LogP contribution in [0.1, 0.15) is 19.3 Å². The molecule has 1 amide bonds. The van der Waals surface area contributed by atoms with Gasteiger partial charge in [0.15, 0.2) is 0 Å². The van der Waals surface area contributed by atoms with Crippen molar-refractivity contribution >= 4 is 5.91 Å². The summed E-state index contributed by atoms with van der Waals surface area (Å²) in [6.45, 7) is 2.16. The largest absolute Gasteiger partial charge is 0.393 e. The molecule has 0 aromatic heterocycles. The molecule has 3 N–H and O–H groups in total. The molecule has 2 fully saturated rings. The number of hydrogen-bond donors (Lipinski definition) is 3. The van der Waals surface area contributed by atoms with Crippen LogP contribution in [-0.4, -0.2) is 49.0 Å². The number of hydrogen-bond acceptors (Lipinski definition) is 4. The molecule has 0 aromatic carbocycles. The molecule has 0 bridgehead atoms. The van der Waals surface area contributed by atoms with Gasteiger partial charge in [-0.25, -0.2) is 0 Å². The monoisotopic (exact) mass is 214 g/mol. The zero-order chi connectivity index (χ0) is 10.7. The fraction of sp³-hybridized carbons (Fsp3) is 0.900. The molecule has 5 heteroatoms. The van der Waals surface area contributed by atoms with Gasteiger partial charge in [0.25, 0.3) is 0 Å². The van der Waals surface area contributed by atoms with Crippen LogP contribution in [0.2, 0.25) is 0 Å². The minimum absolute atomic E-state index is 0.0508. The molecular weight excluding hydrogens is 196 g/mol. The second kappa shape index (κ2) is 4.92. The molecular formula is C10H18N2O3. The van der Waals surface area contributed by atoms with Crippen LogP contribution in [-0.2, 0) is 9.53 Å². The maximum absolute atomic E-state index is 11.5. The van der Waals surface area contributed by atoms with Crippen molar-refractivity contribution in [3.63, 3.8) is 0 Å². The van der Waals surface area contributed by atoms with Gasteiger partial charge in [-0.05, 0) is 12.8 Å². The highest BCUT2D eigenvalue weighted by Gasteiger charge is 2.29. The molecule has 1 unspecified atom stereocenters. The minimum Gasteiger partial charge on any atom is -0.393 e. The van der Waals surface area contributed by atoms with Crippen LogP contribution in [0, 0.1) is 0 Å². The first-order valence-electron chi connectivity index (χ1n) is 5.52. The summed E-state index contributed by atoms with van der Waals surface area (Å²) in [5.41, 5.74) is 0. The normalized spacial score (nSPS) is 35.7. The van der Waals surface area contributed by atoms with Gasteiger partial charge in [-0.3, -0.25) is 4.79 Å². The van der Waals surface area contributed by atoms with Crippen LogP contribution in [0.15, 0.2) is 0 Å². The Hall–Kier alpha value is -0.650. The number of amides is 1. The van der Waals surface area contributed by atoms with Crippen LogP contribution < -0.4 is 10.6 Å². The summed E-state index contributed by atoms with van der Waals surface area (Å²) in [6.07, 6.45) is 1.64. The van der Waals surface area contributed by atoms with Crippen molar-refractivity contribution in [2.75, 3.05) is 19.8 Å². The van der Waals surface area contributed by atoms with Crippen molar-refractivity contribution in [1.29, 1.82) is 0 Å². The number of ether oxygens (including phenoxy) is 1. The molecule has 1 aliphatic carbocycles. The van der Waals surface area contributed by atoms with Crippen molar-refractivity contribution in [3.05, 3.63) is 0 Å². The Morgan fingerprint density at radius 1 is 1.53 bits per heavy atom. The average Bonchev–Trinajstić information content (AvgIpc) is 2.17. The lowest BCUT2D eigenvalue weighted by Gasteiger charge is -2.32. The number of carbonyl (C=O) groups excluding carboxylic acids is 1. The lowest BCUT2D eigenvalue weighted by molar-refractivity contribution is -0.124. The van der Waals surface area contributed by atoms with Crippen molar-refractivity contribution in [3.8, 4) is 0 Å². The van der Waals surface area contributed by atoms with Gasteiger partial charge in [-0.2, -0.15) is 0 Å². The van der Waals surface area contributed by atoms with Crippen molar-refractivity contribution in [2.45, 2.75) is 37.5 Å². The molecule has 1 saturated carbocycles. The van der Waals surface area contributed by atoms with Gasteiger partial charge in [0.1, 0.15) is 0 Å². The number of aliphatic hydroxyl groups is 1. The summed E-state index contributed by atoms with van der Waals surface area (Å²) < 4.78 is 5.26. The van der Waals surface area contributed by atoms with Gasteiger partial charge >= 0.3 is 0 Å². The van der Waals surface area contributed by atoms with E-state index < -0.39 is 0 Å². The van der Waals surface area contributed by atoms with Gasteiger partial charge in [-0.1, -0.05) is 0 Å². The van der Waals surface area contributed by atoms with Gasteiger partial charge in [0, 0.05) is 25.0 Å². The smallest absolute Gasteiger partial charge is 0.221 e. The highest BCUT2D eigenvalue weighted by atomic mass is 16.5. The Morgan fingerprint density at radius 3 is 2.93 bits per heavy atom. The maximum Gasteiger partial charge on any atom is 0.221 e. The summed E-state index contributed by atoms with van der Waals surface area (Å²) >= 11 is 0. The molecule has 0 aromatic rings. The van der Waals surface area contributed by atoms with Crippen LogP contribution in [0.3, 0.4) is 0 Å². The number of rotatable bonds is 3. The van der Waals surface area contributed by atoms with Gasteiger partial charge in [0.05, 0.1) is 19.3 Å². The van der Waals surface area contributed by atoms with E-state index in [4.69, 9.17) is 9.84 Å². The predicted octanol–water partition coefficient (Wildman–Crippen LogP) is -0.996. The molecule has 1 heterocycles. The topological polar surface area (TPSA) is 70.6 Å². The van der Waals surface area contributed by atoms with E-state index in [1.807, 2.05) is 0 Å². The summed E-state index contributed by atoms with van der Waals surface area (Å²) in [4.78, 5) is 11.5. The van der Waals surface area contributed by atoms with Crippen LogP contribution in [0.4, 0.5) is 0 Å². The molecule has 2 aliphatic rings. The van der Waals surface area contributed by atoms with E-state index in [0.717, 1.165) is 13.2 Å². The fourth-order valence-electron chi connectivity index (χ4n) is 1.97. The number of aliphatic hydroxyl groups excluding tert-OH is 1. The number of morpholine rings is 1. The maximum atomic E-state index is 11.5. The molecule has 0 radical (unpaired) electrons. The second-order valence-corrected chi connectivity index (χ2v) is 4.32. The van der Waals surface area contributed by atoms with E-state index in [2.05, 4.69) is 10.6 Å². The first-order chi connectivity index (χ1) is 7.24. The van der Waals surface area contributed by atoms with Gasteiger partial charge in [-0.15, -0.1) is 0 Å². The number of carbonyl (C=O) groups is 1. The molecule has 1 atom stereocenters. The van der Waals surface area contributed by atoms with E-state index in [1.165, 1.54) is 0 Å². The third-order valence-corrected chi connectivity index (χ3v) is 2.91. The van der Waals surface area contributed by atoms with Crippen molar-refractivity contribution < 1.29 is 14.6 Å². The van der Waals surface area contributed by atoms with Gasteiger partial charge < -0.3 is 20.5 Å². The van der Waals surface area contributed by atoms with E-state index in [-0.39, 0.29) is 24.1 Å². The predicted molar refractivity (Wildman–Crippen MR) is 54.4 cm³/mol. The van der Waals surface area contributed by atoms with Crippen LogP contribution in [0.5, 0.6) is 0 Å².